The highest BCUT2D eigenvalue weighted by Gasteiger charge is 2.29. The van der Waals surface area contributed by atoms with Crippen molar-refractivity contribution in [1.29, 1.82) is 0 Å². The van der Waals surface area contributed by atoms with Gasteiger partial charge in [0.25, 0.3) is 0 Å². The molecule has 0 radical (unpaired) electrons. The minimum Gasteiger partial charge on any atom is -0.303 e. The molecular formula is C20H27NS. The fraction of sp³-hybridized carbons (Fsp3) is 0.400. The van der Waals surface area contributed by atoms with E-state index in [1.54, 1.807) is 0 Å². The summed E-state index contributed by atoms with van der Waals surface area (Å²) in [6, 6.07) is 21.7. The summed E-state index contributed by atoms with van der Waals surface area (Å²) in [7, 11) is 0. The second-order valence-electron chi connectivity index (χ2n) is 5.64. The summed E-state index contributed by atoms with van der Waals surface area (Å²) in [5, 5.41) is 0. The van der Waals surface area contributed by atoms with Crippen LogP contribution in [0.4, 0.5) is 0 Å². The third kappa shape index (κ3) is 4.15. The first-order valence-corrected chi connectivity index (χ1v) is 9.16. The van der Waals surface area contributed by atoms with Gasteiger partial charge in [-0.05, 0) is 31.1 Å². The smallest absolute Gasteiger partial charge is 0.0629 e. The maximum absolute atomic E-state index is 2.49. The Morgan fingerprint density at radius 2 is 1.27 bits per heavy atom. The first-order chi connectivity index (χ1) is 10.7. The van der Waals surface area contributed by atoms with Crippen LogP contribution in [0.1, 0.15) is 31.9 Å². The molecule has 2 aromatic rings. The third-order valence-corrected chi connectivity index (χ3v) is 5.78. The second kappa shape index (κ2) is 8.40. The molecule has 2 rings (SSSR count). The van der Waals surface area contributed by atoms with Crippen molar-refractivity contribution in [2.24, 2.45) is 0 Å². The lowest BCUT2D eigenvalue weighted by Gasteiger charge is -2.31. The van der Waals surface area contributed by atoms with Crippen LogP contribution in [0.15, 0.2) is 60.7 Å². The van der Waals surface area contributed by atoms with E-state index in [0.29, 0.717) is 0 Å². The monoisotopic (exact) mass is 313 g/mol. The van der Waals surface area contributed by atoms with Crippen LogP contribution in [0.3, 0.4) is 0 Å². The topological polar surface area (TPSA) is 3.24 Å². The summed E-state index contributed by atoms with van der Waals surface area (Å²) in [6.07, 6.45) is 0. The van der Waals surface area contributed by atoms with E-state index in [0.717, 1.165) is 25.4 Å². The maximum Gasteiger partial charge on any atom is 0.0629 e. The maximum atomic E-state index is 2.49. The number of rotatable bonds is 8. The third-order valence-electron chi connectivity index (χ3n) is 4.34. The van der Waals surface area contributed by atoms with E-state index < -0.39 is 0 Å². The van der Waals surface area contributed by atoms with Crippen LogP contribution in [0.5, 0.6) is 0 Å². The lowest BCUT2D eigenvalue weighted by molar-refractivity contribution is 0.323. The standard InChI is InChI=1S/C20H27NS/c1-4-21(5-2)16-17-22-20(3,18-12-8-6-9-13-18)19-14-10-7-11-15-19/h6-15H,4-5,16-17H2,1-3H3. The average molecular weight is 314 g/mol. The van der Waals surface area contributed by atoms with Gasteiger partial charge in [0.15, 0.2) is 0 Å². The van der Waals surface area contributed by atoms with Crippen LogP contribution in [0.2, 0.25) is 0 Å². The Labute approximate surface area is 139 Å². The van der Waals surface area contributed by atoms with Crippen molar-refractivity contribution < 1.29 is 0 Å². The molecule has 0 aliphatic heterocycles. The molecule has 0 fully saturated rings. The zero-order valence-corrected chi connectivity index (χ0v) is 14.8. The highest BCUT2D eigenvalue weighted by molar-refractivity contribution is 8.00. The van der Waals surface area contributed by atoms with Gasteiger partial charge < -0.3 is 4.90 Å². The highest BCUT2D eigenvalue weighted by Crippen LogP contribution is 2.42. The zero-order valence-electron chi connectivity index (χ0n) is 14.0. The van der Waals surface area contributed by atoms with Gasteiger partial charge in [0.05, 0.1) is 4.75 Å². The van der Waals surface area contributed by atoms with Crippen LogP contribution in [-0.4, -0.2) is 30.3 Å². The predicted octanol–water partition coefficient (Wildman–Crippen LogP) is 5.03. The SMILES string of the molecule is CCN(CC)CCSC(C)(c1ccccc1)c1ccccc1. The molecule has 1 nitrogen and oxygen atoms in total. The quantitative estimate of drug-likeness (QED) is 0.673. The Morgan fingerprint density at radius 3 is 1.68 bits per heavy atom. The number of nitrogens with zero attached hydrogens (tertiary/aromatic N) is 1. The van der Waals surface area contributed by atoms with E-state index in [4.69, 9.17) is 0 Å². The molecule has 2 heteroatoms. The van der Waals surface area contributed by atoms with Gasteiger partial charge in [-0.1, -0.05) is 74.5 Å². The highest BCUT2D eigenvalue weighted by atomic mass is 32.2. The molecule has 22 heavy (non-hydrogen) atoms. The van der Waals surface area contributed by atoms with Crippen LogP contribution in [0, 0.1) is 0 Å². The molecule has 0 aliphatic rings. The van der Waals surface area contributed by atoms with Crippen molar-refractivity contribution in [1.82, 2.24) is 4.90 Å². The fourth-order valence-corrected chi connectivity index (χ4v) is 4.13. The molecule has 118 valence electrons. The van der Waals surface area contributed by atoms with Gasteiger partial charge in [0, 0.05) is 12.3 Å². The molecule has 0 aliphatic carbocycles. The van der Waals surface area contributed by atoms with Crippen molar-refractivity contribution in [2.45, 2.75) is 25.5 Å². The van der Waals surface area contributed by atoms with Gasteiger partial charge in [0.1, 0.15) is 0 Å². The number of hydrogen-bond donors (Lipinski definition) is 0. The Balaban J connectivity index is 2.20. The summed E-state index contributed by atoms with van der Waals surface area (Å²) in [4.78, 5) is 2.49. The van der Waals surface area contributed by atoms with Crippen LogP contribution >= 0.6 is 11.8 Å². The fourth-order valence-electron chi connectivity index (χ4n) is 2.76. The van der Waals surface area contributed by atoms with Gasteiger partial charge in [0.2, 0.25) is 0 Å². The molecule has 0 saturated carbocycles. The minimum absolute atomic E-state index is 0.00960. The lowest BCUT2D eigenvalue weighted by atomic mass is 9.92. The Morgan fingerprint density at radius 1 is 0.818 bits per heavy atom. The molecular weight excluding hydrogens is 286 g/mol. The van der Waals surface area contributed by atoms with Crippen molar-refractivity contribution >= 4 is 11.8 Å². The molecule has 0 heterocycles. The molecule has 0 bridgehead atoms. The first kappa shape index (κ1) is 17.1. The van der Waals surface area contributed by atoms with Gasteiger partial charge in [-0.3, -0.25) is 0 Å². The largest absolute Gasteiger partial charge is 0.303 e. The molecule has 0 N–H and O–H groups in total. The van der Waals surface area contributed by atoms with E-state index in [1.165, 1.54) is 11.1 Å². The molecule has 0 spiro atoms. The Bertz CT molecular complexity index is 495. The summed E-state index contributed by atoms with van der Waals surface area (Å²) in [5.41, 5.74) is 2.76. The van der Waals surface area contributed by atoms with Crippen LogP contribution in [-0.2, 0) is 4.75 Å². The predicted molar refractivity (Wildman–Crippen MR) is 99.6 cm³/mol. The van der Waals surface area contributed by atoms with Crippen molar-refractivity contribution in [3.8, 4) is 0 Å². The van der Waals surface area contributed by atoms with Crippen molar-refractivity contribution in [3.05, 3.63) is 71.8 Å². The normalized spacial score (nSPS) is 11.8. The average Bonchev–Trinajstić information content (AvgIpc) is 2.60. The Hall–Kier alpha value is -1.25. The van der Waals surface area contributed by atoms with E-state index in [1.807, 2.05) is 11.8 Å². The van der Waals surface area contributed by atoms with Gasteiger partial charge in [-0.2, -0.15) is 0 Å². The summed E-state index contributed by atoms with van der Waals surface area (Å²) < 4.78 is 0.00960. The minimum atomic E-state index is 0.00960. The van der Waals surface area contributed by atoms with Gasteiger partial charge in [-0.15, -0.1) is 11.8 Å². The van der Waals surface area contributed by atoms with Crippen LogP contribution < -0.4 is 0 Å². The van der Waals surface area contributed by atoms with E-state index in [2.05, 4.69) is 86.3 Å². The second-order valence-corrected chi connectivity index (χ2v) is 7.15. The summed E-state index contributed by atoms with van der Waals surface area (Å²) in [6.45, 7) is 10.2. The molecule has 0 aromatic heterocycles. The molecule has 2 aromatic carbocycles. The Kier molecular flexibility index (Phi) is 6.53. The summed E-state index contributed by atoms with van der Waals surface area (Å²) in [5.74, 6) is 1.14. The van der Waals surface area contributed by atoms with Crippen LogP contribution in [0.25, 0.3) is 0 Å². The van der Waals surface area contributed by atoms with E-state index in [9.17, 15) is 0 Å². The molecule has 0 atom stereocenters. The van der Waals surface area contributed by atoms with Gasteiger partial charge >= 0.3 is 0 Å². The molecule has 0 saturated heterocycles. The van der Waals surface area contributed by atoms with Gasteiger partial charge in [-0.25, -0.2) is 0 Å². The lowest BCUT2D eigenvalue weighted by Crippen LogP contribution is -2.28. The number of thioether (sulfide) groups is 1. The van der Waals surface area contributed by atoms with Crippen molar-refractivity contribution in [3.63, 3.8) is 0 Å². The first-order valence-electron chi connectivity index (χ1n) is 8.18. The molecule has 0 unspecified atom stereocenters. The number of benzene rings is 2. The van der Waals surface area contributed by atoms with Crippen molar-refractivity contribution in [2.75, 3.05) is 25.4 Å². The summed E-state index contributed by atoms with van der Waals surface area (Å²) >= 11 is 2.05. The molecule has 0 amide bonds. The van der Waals surface area contributed by atoms with E-state index >= 15 is 0 Å². The number of hydrogen-bond acceptors (Lipinski definition) is 2. The van der Waals surface area contributed by atoms with E-state index in [-0.39, 0.29) is 4.75 Å². The zero-order chi connectivity index (χ0) is 15.8.